The van der Waals surface area contributed by atoms with Gasteiger partial charge in [0.15, 0.2) is 17.3 Å². The largest absolute Gasteiger partial charge is 0.493 e. The number of hydrogen-bond donors (Lipinski definition) is 1. The van der Waals surface area contributed by atoms with Crippen molar-refractivity contribution in [1.82, 2.24) is 24.5 Å². The van der Waals surface area contributed by atoms with Crippen LogP contribution in [0.25, 0.3) is 16.7 Å². The summed E-state index contributed by atoms with van der Waals surface area (Å²) in [6.07, 6.45) is 4.20. The molecule has 1 saturated heterocycles. The van der Waals surface area contributed by atoms with Crippen molar-refractivity contribution in [2.75, 3.05) is 58.4 Å². The molecule has 202 valence electrons. The zero-order valence-corrected chi connectivity index (χ0v) is 22.6. The predicted molar refractivity (Wildman–Crippen MR) is 144 cm³/mol. The molecule has 3 aromatic rings. The number of morpholine rings is 1. The van der Waals surface area contributed by atoms with E-state index in [1.54, 1.807) is 7.11 Å². The average Bonchev–Trinajstić information content (AvgIpc) is 3.28. The molecule has 37 heavy (non-hydrogen) atoms. The number of Topliss-reactive ketones (excluding diaryl/α,β-unsaturated/α-hetero) is 1. The van der Waals surface area contributed by atoms with Crippen LogP contribution in [0.1, 0.15) is 51.8 Å². The van der Waals surface area contributed by atoms with Gasteiger partial charge in [0.1, 0.15) is 18.2 Å². The molecule has 10 heteroatoms. The Morgan fingerprint density at radius 1 is 1.14 bits per heavy atom. The molecule has 0 bridgehead atoms. The highest BCUT2D eigenvalue weighted by Crippen LogP contribution is 2.33. The summed E-state index contributed by atoms with van der Waals surface area (Å²) in [7, 11) is 1.64. The molecule has 1 fully saturated rings. The van der Waals surface area contributed by atoms with E-state index in [0.717, 1.165) is 75.5 Å². The molecule has 1 aromatic carbocycles. The van der Waals surface area contributed by atoms with Crippen LogP contribution in [0.4, 0.5) is 5.82 Å². The maximum atomic E-state index is 11.9. The number of ketones is 1. The van der Waals surface area contributed by atoms with E-state index < -0.39 is 0 Å². The van der Waals surface area contributed by atoms with E-state index in [1.165, 1.54) is 0 Å². The van der Waals surface area contributed by atoms with Crippen LogP contribution in [0, 0.1) is 12.8 Å². The van der Waals surface area contributed by atoms with Crippen molar-refractivity contribution in [1.29, 1.82) is 0 Å². The van der Waals surface area contributed by atoms with Gasteiger partial charge in [-0.05, 0) is 25.7 Å². The minimum atomic E-state index is 0.359. The van der Waals surface area contributed by atoms with Crippen molar-refractivity contribution < 1.29 is 19.0 Å². The molecule has 0 saturated carbocycles. The number of aromatic nitrogens is 4. The highest BCUT2D eigenvalue weighted by atomic mass is 16.5. The molecule has 4 rings (SSSR count). The standard InChI is InChI=1S/C27H40N6O4/c1-19(2)16-21(34)8-6-5-7-9-28-26-27-31-30-20(3)33(27)23-18-25(24(35-4)17-22(23)29-26)37-15-12-32-10-13-36-14-11-32/h17-19H,5-16H2,1-4H3,(H,28,29). The number of unbranched alkanes of at least 4 members (excludes halogenated alkanes) is 2. The first kappa shape index (κ1) is 27.1. The van der Waals surface area contributed by atoms with Gasteiger partial charge in [0.25, 0.3) is 0 Å². The van der Waals surface area contributed by atoms with Gasteiger partial charge in [0, 0.05) is 51.2 Å². The molecule has 0 spiro atoms. The predicted octanol–water partition coefficient (Wildman–Crippen LogP) is 3.89. The summed E-state index contributed by atoms with van der Waals surface area (Å²) in [5.41, 5.74) is 2.32. The van der Waals surface area contributed by atoms with Crippen LogP contribution >= 0.6 is 0 Å². The SMILES string of the molecule is COc1cc2nc(NCCCCCC(=O)CC(C)C)c3nnc(C)n3c2cc1OCCN1CCOCC1. The Balaban J connectivity index is 1.43. The van der Waals surface area contributed by atoms with E-state index in [2.05, 4.69) is 34.3 Å². The fourth-order valence-electron chi connectivity index (χ4n) is 4.67. The van der Waals surface area contributed by atoms with Crippen LogP contribution in [-0.2, 0) is 9.53 Å². The Morgan fingerprint density at radius 3 is 2.70 bits per heavy atom. The lowest BCUT2D eigenvalue weighted by Crippen LogP contribution is -2.38. The zero-order valence-electron chi connectivity index (χ0n) is 22.6. The molecular weight excluding hydrogens is 472 g/mol. The van der Waals surface area contributed by atoms with Gasteiger partial charge < -0.3 is 19.5 Å². The normalized spacial score (nSPS) is 14.5. The number of ether oxygens (including phenoxy) is 3. The van der Waals surface area contributed by atoms with Crippen molar-refractivity contribution in [3.05, 3.63) is 18.0 Å². The summed E-state index contributed by atoms with van der Waals surface area (Å²) in [6, 6.07) is 3.87. The smallest absolute Gasteiger partial charge is 0.204 e. The van der Waals surface area contributed by atoms with Gasteiger partial charge in [-0.25, -0.2) is 4.98 Å². The van der Waals surface area contributed by atoms with Crippen molar-refractivity contribution in [3.8, 4) is 11.5 Å². The molecule has 0 aliphatic carbocycles. The minimum absolute atomic E-state index is 0.359. The average molecular weight is 513 g/mol. The number of benzene rings is 1. The lowest BCUT2D eigenvalue weighted by molar-refractivity contribution is -0.119. The maximum Gasteiger partial charge on any atom is 0.204 e. The Labute approximate surface area is 218 Å². The number of methoxy groups -OCH3 is 1. The Hall–Kier alpha value is -2.98. The van der Waals surface area contributed by atoms with Crippen molar-refractivity contribution >= 4 is 28.3 Å². The quantitative estimate of drug-likeness (QED) is 0.322. The first-order chi connectivity index (χ1) is 18.0. The van der Waals surface area contributed by atoms with E-state index in [4.69, 9.17) is 19.2 Å². The molecular formula is C27H40N6O4. The van der Waals surface area contributed by atoms with Crippen molar-refractivity contribution in [2.24, 2.45) is 5.92 Å². The van der Waals surface area contributed by atoms with E-state index >= 15 is 0 Å². The second-order valence-corrected chi connectivity index (χ2v) is 10.0. The Kier molecular flexibility index (Phi) is 9.51. The summed E-state index contributed by atoms with van der Waals surface area (Å²) in [6.45, 7) is 11.6. The number of carbonyl (C=O) groups is 1. The summed E-state index contributed by atoms with van der Waals surface area (Å²) in [5, 5.41) is 12.1. The molecule has 10 nitrogen and oxygen atoms in total. The number of aryl methyl sites for hydroxylation is 1. The topological polar surface area (TPSA) is 103 Å². The van der Waals surface area contributed by atoms with Crippen molar-refractivity contribution in [2.45, 2.75) is 52.9 Å². The fraction of sp³-hybridized carbons (Fsp3) is 0.630. The molecule has 0 amide bonds. The second kappa shape index (κ2) is 13.0. The molecule has 1 aliphatic heterocycles. The van der Waals surface area contributed by atoms with Crippen LogP contribution < -0.4 is 14.8 Å². The minimum Gasteiger partial charge on any atom is -0.493 e. The zero-order chi connectivity index (χ0) is 26.2. The van der Waals surface area contributed by atoms with Gasteiger partial charge in [-0.1, -0.05) is 20.3 Å². The molecule has 1 aliphatic rings. The molecule has 0 unspecified atom stereocenters. The van der Waals surface area contributed by atoms with E-state index in [0.29, 0.717) is 54.1 Å². The van der Waals surface area contributed by atoms with Gasteiger partial charge in [0.05, 0.1) is 31.4 Å². The molecule has 0 atom stereocenters. The summed E-state index contributed by atoms with van der Waals surface area (Å²) in [5.74, 6) is 3.57. The van der Waals surface area contributed by atoms with Crippen LogP contribution in [0.2, 0.25) is 0 Å². The van der Waals surface area contributed by atoms with Crippen LogP contribution in [0.15, 0.2) is 12.1 Å². The number of nitrogens with zero attached hydrogens (tertiary/aromatic N) is 5. The van der Waals surface area contributed by atoms with Crippen LogP contribution in [-0.4, -0.2) is 83.4 Å². The van der Waals surface area contributed by atoms with Gasteiger partial charge in [0.2, 0.25) is 5.65 Å². The van der Waals surface area contributed by atoms with Crippen molar-refractivity contribution in [3.63, 3.8) is 0 Å². The van der Waals surface area contributed by atoms with Gasteiger partial charge >= 0.3 is 0 Å². The van der Waals surface area contributed by atoms with Crippen LogP contribution in [0.3, 0.4) is 0 Å². The number of fused-ring (bicyclic) bond motifs is 3. The lowest BCUT2D eigenvalue weighted by Gasteiger charge is -2.26. The van der Waals surface area contributed by atoms with Crippen LogP contribution in [0.5, 0.6) is 11.5 Å². The molecule has 3 heterocycles. The third-order valence-electron chi connectivity index (χ3n) is 6.60. The number of rotatable bonds is 14. The third-order valence-corrected chi connectivity index (χ3v) is 6.60. The highest BCUT2D eigenvalue weighted by Gasteiger charge is 2.17. The Bertz CT molecular complexity index is 1190. The monoisotopic (exact) mass is 512 g/mol. The van der Waals surface area contributed by atoms with E-state index in [9.17, 15) is 4.79 Å². The first-order valence-corrected chi connectivity index (χ1v) is 13.4. The summed E-state index contributed by atoms with van der Waals surface area (Å²) < 4.78 is 19.2. The number of hydrogen-bond acceptors (Lipinski definition) is 9. The van der Waals surface area contributed by atoms with Gasteiger partial charge in [-0.2, -0.15) is 0 Å². The van der Waals surface area contributed by atoms with E-state index in [1.807, 2.05) is 23.5 Å². The maximum absolute atomic E-state index is 11.9. The van der Waals surface area contributed by atoms with Gasteiger partial charge in [-0.3, -0.25) is 14.1 Å². The second-order valence-electron chi connectivity index (χ2n) is 10.0. The fourth-order valence-corrected chi connectivity index (χ4v) is 4.67. The third kappa shape index (κ3) is 7.07. The number of carbonyl (C=O) groups excluding carboxylic acids is 1. The molecule has 2 aromatic heterocycles. The summed E-state index contributed by atoms with van der Waals surface area (Å²) in [4.78, 5) is 19.1. The van der Waals surface area contributed by atoms with E-state index in [-0.39, 0.29) is 0 Å². The number of nitrogens with one attached hydrogen (secondary N) is 1. The lowest BCUT2D eigenvalue weighted by atomic mass is 10.0. The molecule has 1 N–H and O–H groups in total. The number of anilines is 1. The van der Waals surface area contributed by atoms with Gasteiger partial charge in [-0.15, -0.1) is 10.2 Å². The first-order valence-electron chi connectivity index (χ1n) is 13.4. The summed E-state index contributed by atoms with van der Waals surface area (Å²) >= 11 is 0. The Morgan fingerprint density at radius 2 is 1.95 bits per heavy atom. The highest BCUT2D eigenvalue weighted by molar-refractivity contribution is 5.86. The molecule has 0 radical (unpaired) electrons.